The number of benzene rings is 2. The summed E-state index contributed by atoms with van der Waals surface area (Å²) in [5.74, 6) is 0. The highest BCUT2D eigenvalue weighted by Gasteiger charge is 2.06. The summed E-state index contributed by atoms with van der Waals surface area (Å²) in [6.07, 6.45) is 1.78. The van der Waals surface area contributed by atoms with E-state index in [1.807, 2.05) is 42.5 Å². The number of aromatic nitrogens is 1. The first-order valence-corrected chi connectivity index (χ1v) is 7.90. The van der Waals surface area contributed by atoms with Crippen LogP contribution < -0.4 is 5.32 Å². The van der Waals surface area contributed by atoms with Crippen molar-refractivity contribution in [3.05, 3.63) is 68.7 Å². The zero-order valence-corrected chi connectivity index (χ0v) is 14.0. The Labute approximate surface area is 141 Å². The van der Waals surface area contributed by atoms with E-state index in [9.17, 15) is 0 Å². The topological polar surface area (TPSA) is 24.9 Å². The van der Waals surface area contributed by atoms with Gasteiger partial charge in [0.05, 0.1) is 11.2 Å². The molecule has 0 saturated carbocycles. The average molecular weight is 382 g/mol. The number of nitrogens with one attached hydrogen (secondary N) is 1. The van der Waals surface area contributed by atoms with Crippen LogP contribution in [0.1, 0.15) is 5.56 Å². The molecule has 0 unspecified atom stereocenters. The molecule has 1 N–H and O–H groups in total. The third kappa shape index (κ3) is 3.31. The van der Waals surface area contributed by atoms with Gasteiger partial charge < -0.3 is 5.32 Å². The Morgan fingerprint density at radius 3 is 2.71 bits per heavy atom. The van der Waals surface area contributed by atoms with Crippen LogP contribution in [-0.4, -0.2) is 4.98 Å². The van der Waals surface area contributed by atoms with Gasteiger partial charge in [-0.05, 0) is 35.9 Å². The lowest BCUT2D eigenvalue weighted by molar-refractivity contribution is 1.14. The van der Waals surface area contributed by atoms with Crippen molar-refractivity contribution in [2.45, 2.75) is 6.54 Å². The zero-order valence-electron chi connectivity index (χ0n) is 10.9. The monoisotopic (exact) mass is 380 g/mol. The van der Waals surface area contributed by atoms with Crippen molar-refractivity contribution in [3.8, 4) is 0 Å². The molecule has 1 aromatic heterocycles. The molecule has 0 spiro atoms. The minimum absolute atomic E-state index is 0.657. The van der Waals surface area contributed by atoms with Crippen molar-refractivity contribution in [2.75, 3.05) is 5.32 Å². The standard InChI is InChI=1S/C16H11BrCl2N2/c17-14-7-12(18)4-3-11(14)9-21-15-8-13(19)6-10-2-1-5-20-16(10)15/h1-8,21H,9H2. The van der Waals surface area contributed by atoms with E-state index in [4.69, 9.17) is 23.2 Å². The van der Waals surface area contributed by atoms with E-state index in [2.05, 4.69) is 26.2 Å². The maximum atomic E-state index is 6.16. The largest absolute Gasteiger partial charge is 0.379 e. The molecule has 2 aromatic carbocycles. The number of nitrogens with zero attached hydrogens (tertiary/aromatic N) is 1. The predicted octanol–water partition coefficient (Wildman–Crippen LogP) is 5.92. The van der Waals surface area contributed by atoms with Gasteiger partial charge in [-0.15, -0.1) is 0 Å². The summed E-state index contributed by atoms with van der Waals surface area (Å²) in [6, 6.07) is 13.4. The van der Waals surface area contributed by atoms with E-state index >= 15 is 0 Å². The van der Waals surface area contributed by atoms with E-state index in [0.717, 1.165) is 26.6 Å². The summed E-state index contributed by atoms with van der Waals surface area (Å²) >= 11 is 15.6. The third-order valence-corrected chi connectivity index (χ3v) is 4.35. The van der Waals surface area contributed by atoms with Gasteiger partial charge in [-0.1, -0.05) is 51.3 Å². The van der Waals surface area contributed by atoms with Crippen LogP contribution in [0.25, 0.3) is 10.9 Å². The van der Waals surface area contributed by atoms with Gasteiger partial charge in [0.1, 0.15) is 0 Å². The summed E-state index contributed by atoms with van der Waals surface area (Å²) in [7, 11) is 0. The van der Waals surface area contributed by atoms with Crippen LogP contribution in [0.15, 0.2) is 53.1 Å². The zero-order chi connectivity index (χ0) is 14.8. The lowest BCUT2D eigenvalue weighted by atomic mass is 10.1. The highest BCUT2D eigenvalue weighted by atomic mass is 79.9. The van der Waals surface area contributed by atoms with Crippen molar-refractivity contribution >= 4 is 55.7 Å². The Kier molecular flexibility index (Phi) is 4.34. The Morgan fingerprint density at radius 2 is 1.90 bits per heavy atom. The Hall–Kier alpha value is -1.29. The van der Waals surface area contributed by atoms with Gasteiger partial charge in [0.15, 0.2) is 0 Å². The van der Waals surface area contributed by atoms with Crippen molar-refractivity contribution in [3.63, 3.8) is 0 Å². The minimum atomic E-state index is 0.657. The Balaban J connectivity index is 1.91. The van der Waals surface area contributed by atoms with E-state index in [0.29, 0.717) is 16.6 Å². The SMILES string of the molecule is Clc1ccc(CNc2cc(Cl)cc3cccnc23)c(Br)c1. The average Bonchev–Trinajstić information content (AvgIpc) is 2.46. The highest BCUT2D eigenvalue weighted by molar-refractivity contribution is 9.10. The van der Waals surface area contributed by atoms with Crippen LogP contribution in [-0.2, 0) is 6.54 Å². The Morgan fingerprint density at radius 1 is 1.05 bits per heavy atom. The second kappa shape index (κ2) is 6.22. The summed E-state index contributed by atoms with van der Waals surface area (Å²) in [4.78, 5) is 4.42. The first kappa shape index (κ1) is 14.6. The molecule has 106 valence electrons. The van der Waals surface area contributed by atoms with Crippen LogP contribution in [0, 0.1) is 0 Å². The third-order valence-electron chi connectivity index (χ3n) is 3.15. The maximum absolute atomic E-state index is 6.16. The number of halogens is 3. The summed E-state index contributed by atoms with van der Waals surface area (Å²) in [5.41, 5.74) is 2.94. The molecule has 0 amide bonds. The van der Waals surface area contributed by atoms with Gasteiger partial charge in [0.25, 0.3) is 0 Å². The van der Waals surface area contributed by atoms with Gasteiger partial charge in [-0.2, -0.15) is 0 Å². The normalized spacial score (nSPS) is 10.8. The second-order valence-electron chi connectivity index (χ2n) is 4.62. The smallest absolute Gasteiger partial charge is 0.0934 e. The molecule has 1 heterocycles. The number of anilines is 1. The number of hydrogen-bond donors (Lipinski definition) is 1. The summed E-state index contributed by atoms with van der Waals surface area (Å²) in [6.45, 7) is 0.657. The highest BCUT2D eigenvalue weighted by Crippen LogP contribution is 2.28. The van der Waals surface area contributed by atoms with Gasteiger partial charge in [0.2, 0.25) is 0 Å². The first-order valence-electron chi connectivity index (χ1n) is 6.35. The fourth-order valence-electron chi connectivity index (χ4n) is 2.15. The molecule has 0 saturated heterocycles. The van der Waals surface area contributed by atoms with Crippen molar-refractivity contribution in [1.29, 1.82) is 0 Å². The number of pyridine rings is 1. The van der Waals surface area contributed by atoms with E-state index in [-0.39, 0.29) is 0 Å². The van der Waals surface area contributed by atoms with Gasteiger partial charge in [-0.3, -0.25) is 4.98 Å². The number of rotatable bonds is 3. The first-order chi connectivity index (χ1) is 10.1. The van der Waals surface area contributed by atoms with E-state index in [1.165, 1.54) is 0 Å². The van der Waals surface area contributed by atoms with Gasteiger partial charge >= 0.3 is 0 Å². The minimum Gasteiger partial charge on any atom is -0.379 e. The molecule has 0 bridgehead atoms. The molecule has 0 aliphatic rings. The molecule has 0 aliphatic heterocycles. The molecule has 0 radical (unpaired) electrons. The Bertz CT molecular complexity index is 805. The predicted molar refractivity (Wildman–Crippen MR) is 93.2 cm³/mol. The molecule has 0 fully saturated rings. The fourth-order valence-corrected chi connectivity index (χ4v) is 3.20. The number of hydrogen-bond acceptors (Lipinski definition) is 2. The van der Waals surface area contributed by atoms with Crippen LogP contribution in [0.2, 0.25) is 10.0 Å². The molecule has 0 atom stereocenters. The lowest BCUT2D eigenvalue weighted by Crippen LogP contribution is -2.01. The van der Waals surface area contributed by atoms with Crippen molar-refractivity contribution in [1.82, 2.24) is 4.98 Å². The summed E-state index contributed by atoms with van der Waals surface area (Å²) < 4.78 is 0.974. The molecule has 21 heavy (non-hydrogen) atoms. The molecule has 3 rings (SSSR count). The fraction of sp³-hybridized carbons (Fsp3) is 0.0625. The lowest BCUT2D eigenvalue weighted by Gasteiger charge is -2.11. The van der Waals surface area contributed by atoms with Crippen molar-refractivity contribution in [2.24, 2.45) is 0 Å². The molecular formula is C16H11BrCl2N2. The molecule has 2 nitrogen and oxygen atoms in total. The second-order valence-corrected chi connectivity index (χ2v) is 6.34. The van der Waals surface area contributed by atoms with Gasteiger partial charge in [-0.25, -0.2) is 0 Å². The molecular weight excluding hydrogens is 371 g/mol. The maximum Gasteiger partial charge on any atom is 0.0934 e. The van der Waals surface area contributed by atoms with Crippen molar-refractivity contribution < 1.29 is 0 Å². The van der Waals surface area contributed by atoms with E-state index < -0.39 is 0 Å². The quantitative estimate of drug-likeness (QED) is 0.609. The molecule has 3 aromatic rings. The van der Waals surface area contributed by atoms with Crippen LogP contribution >= 0.6 is 39.1 Å². The number of fused-ring (bicyclic) bond motifs is 1. The van der Waals surface area contributed by atoms with E-state index in [1.54, 1.807) is 6.20 Å². The van der Waals surface area contributed by atoms with Gasteiger partial charge in [0, 0.05) is 32.6 Å². The van der Waals surface area contributed by atoms with Crippen LogP contribution in [0.5, 0.6) is 0 Å². The molecule has 5 heteroatoms. The van der Waals surface area contributed by atoms with Crippen LogP contribution in [0.4, 0.5) is 5.69 Å². The van der Waals surface area contributed by atoms with Crippen LogP contribution in [0.3, 0.4) is 0 Å². The summed E-state index contributed by atoms with van der Waals surface area (Å²) in [5, 5.41) is 5.80. The molecule has 0 aliphatic carbocycles.